The molecule has 1 heterocycles. The van der Waals surface area contributed by atoms with E-state index in [1.807, 2.05) is 7.05 Å². The molecule has 0 aliphatic carbocycles. The van der Waals surface area contributed by atoms with Gasteiger partial charge in [-0.05, 0) is 19.8 Å². The average molecular weight is 266 g/mol. The Morgan fingerprint density at radius 1 is 1.32 bits per heavy atom. The van der Waals surface area contributed by atoms with Gasteiger partial charge < -0.3 is 15.4 Å². The Labute approximate surface area is 114 Å². The Bertz CT molecular complexity index is 435. The van der Waals surface area contributed by atoms with Crippen molar-refractivity contribution in [2.75, 3.05) is 24.3 Å². The van der Waals surface area contributed by atoms with E-state index in [-0.39, 0.29) is 11.9 Å². The molecule has 0 saturated carbocycles. The van der Waals surface area contributed by atoms with Crippen LogP contribution in [-0.2, 0) is 9.53 Å². The highest BCUT2D eigenvalue weighted by Crippen LogP contribution is 2.28. The summed E-state index contributed by atoms with van der Waals surface area (Å²) in [5.41, 5.74) is 0.959. The normalized spacial score (nSPS) is 12.1. The predicted molar refractivity (Wildman–Crippen MR) is 75.4 cm³/mol. The predicted octanol–water partition coefficient (Wildman–Crippen LogP) is 2.01. The van der Waals surface area contributed by atoms with Gasteiger partial charge in [-0.1, -0.05) is 13.8 Å². The molecule has 19 heavy (non-hydrogen) atoms. The number of anilines is 2. The maximum atomic E-state index is 11.6. The summed E-state index contributed by atoms with van der Waals surface area (Å²) in [5.74, 6) is 1.38. The average Bonchev–Trinajstić information content (AvgIpc) is 2.38. The summed E-state index contributed by atoms with van der Waals surface area (Å²) in [4.78, 5) is 20.0. The van der Waals surface area contributed by atoms with Gasteiger partial charge in [-0.25, -0.2) is 14.8 Å². The van der Waals surface area contributed by atoms with Crippen molar-refractivity contribution in [1.29, 1.82) is 0 Å². The molecule has 0 amide bonds. The molecule has 0 saturated heterocycles. The van der Waals surface area contributed by atoms with Gasteiger partial charge in [0.2, 0.25) is 0 Å². The highest BCUT2D eigenvalue weighted by molar-refractivity contribution is 5.79. The molecule has 1 rings (SSSR count). The Morgan fingerprint density at radius 3 is 2.47 bits per heavy atom. The van der Waals surface area contributed by atoms with E-state index in [2.05, 4.69) is 34.4 Å². The summed E-state index contributed by atoms with van der Waals surface area (Å²) < 4.78 is 4.97. The van der Waals surface area contributed by atoms with Crippen LogP contribution in [0.15, 0.2) is 6.33 Å². The first-order valence-electron chi connectivity index (χ1n) is 6.47. The molecular weight excluding hydrogens is 244 g/mol. The Balaban J connectivity index is 2.97. The molecule has 1 atom stereocenters. The fraction of sp³-hybridized carbons (Fsp3) is 0.615. The molecular formula is C13H22N4O2. The number of nitrogens with zero attached hydrogens (tertiary/aromatic N) is 2. The molecule has 0 aliphatic heterocycles. The Kier molecular flexibility index (Phi) is 5.54. The van der Waals surface area contributed by atoms with E-state index in [1.165, 1.54) is 6.33 Å². The van der Waals surface area contributed by atoms with Crippen molar-refractivity contribution < 1.29 is 9.53 Å². The van der Waals surface area contributed by atoms with Crippen LogP contribution in [0.2, 0.25) is 0 Å². The van der Waals surface area contributed by atoms with Crippen LogP contribution in [0.25, 0.3) is 0 Å². The lowest BCUT2D eigenvalue weighted by atomic mass is 10.0. The highest BCUT2D eigenvalue weighted by atomic mass is 16.5. The second-order valence-electron chi connectivity index (χ2n) is 4.51. The Hall–Kier alpha value is -1.85. The molecule has 6 nitrogen and oxygen atoms in total. The molecule has 6 heteroatoms. The van der Waals surface area contributed by atoms with Gasteiger partial charge in [-0.15, -0.1) is 0 Å². The second-order valence-corrected chi connectivity index (χ2v) is 4.51. The van der Waals surface area contributed by atoms with E-state index in [0.29, 0.717) is 12.4 Å². The van der Waals surface area contributed by atoms with Crippen molar-refractivity contribution in [3.8, 4) is 0 Å². The molecule has 0 aromatic carbocycles. The number of esters is 1. The van der Waals surface area contributed by atoms with Gasteiger partial charge >= 0.3 is 5.97 Å². The molecule has 0 fully saturated rings. The van der Waals surface area contributed by atoms with E-state index in [9.17, 15) is 4.79 Å². The van der Waals surface area contributed by atoms with Crippen LogP contribution in [0.5, 0.6) is 0 Å². The fourth-order valence-electron chi connectivity index (χ4n) is 1.79. The SMILES string of the molecule is CCOC(=O)C(C)Nc1ncnc(NC)c1C(C)C. The van der Waals surface area contributed by atoms with Gasteiger partial charge in [0.15, 0.2) is 0 Å². The maximum Gasteiger partial charge on any atom is 0.328 e. The molecule has 106 valence electrons. The quantitative estimate of drug-likeness (QED) is 0.767. The summed E-state index contributed by atoms with van der Waals surface area (Å²) in [6, 6.07) is -0.447. The molecule has 1 unspecified atom stereocenters. The summed E-state index contributed by atoms with van der Waals surface area (Å²) >= 11 is 0. The van der Waals surface area contributed by atoms with Gasteiger partial charge in [0.1, 0.15) is 24.0 Å². The lowest BCUT2D eigenvalue weighted by Crippen LogP contribution is -2.29. The van der Waals surface area contributed by atoms with Crippen LogP contribution >= 0.6 is 0 Å². The van der Waals surface area contributed by atoms with Crippen LogP contribution in [0.1, 0.15) is 39.2 Å². The van der Waals surface area contributed by atoms with Gasteiger partial charge in [0, 0.05) is 12.6 Å². The standard InChI is InChI=1S/C13H22N4O2/c1-6-19-13(18)9(4)17-12-10(8(2)3)11(14-5)15-7-16-12/h7-9H,6H2,1-5H3,(H2,14,15,16,17). The minimum Gasteiger partial charge on any atom is -0.464 e. The van der Waals surface area contributed by atoms with E-state index in [4.69, 9.17) is 4.74 Å². The zero-order valence-electron chi connectivity index (χ0n) is 12.2. The summed E-state index contributed by atoms with van der Waals surface area (Å²) in [6.07, 6.45) is 1.47. The lowest BCUT2D eigenvalue weighted by molar-refractivity contribution is -0.143. The number of hydrogen-bond acceptors (Lipinski definition) is 6. The molecule has 0 radical (unpaired) electrons. The molecule has 1 aromatic heterocycles. The summed E-state index contributed by atoms with van der Waals surface area (Å²) in [5, 5.41) is 6.12. The van der Waals surface area contributed by atoms with Gasteiger partial charge in [0.25, 0.3) is 0 Å². The minimum absolute atomic E-state index is 0.237. The van der Waals surface area contributed by atoms with Crippen molar-refractivity contribution in [2.45, 2.75) is 39.7 Å². The van der Waals surface area contributed by atoms with Crippen molar-refractivity contribution in [3.63, 3.8) is 0 Å². The fourth-order valence-corrected chi connectivity index (χ4v) is 1.79. The molecule has 2 N–H and O–H groups in total. The van der Waals surface area contributed by atoms with E-state index >= 15 is 0 Å². The maximum absolute atomic E-state index is 11.6. The third-order valence-corrected chi connectivity index (χ3v) is 2.69. The minimum atomic E-state index is -0.447. The summed E-state index contributed by atoms with van der Waals surface area (Å²) in [6.45, 7) is 8.02. The first kappa shape index (κ1) is 15.2. The number of ether oxygens (including phenoxy) is 1. The van der Waals surface area contributed by atoms with E-state index in [1.54, 1.807) is 13.8 Å². The smallest absolute Gasteiger partial charge is 0.328 e. The number of carbonyl (C=O) groups excluding carboxylic acids is 1. The molecule has 0 bridgehead atoms. The van der Waals surface area contributed by atoms with Crippen molar-refractivity contribution in [3.05, 3.63) is 11.9 Å². The zero-order valence-corrected chi connectivity index (χ0v) is 12.2. The molecule has 0 aliphatic rings. The number of aromatic nitrogens is 2. The van der Waals surface area contributed by atoms with Crippen molar-refractivity contribution in [1.82, 2.24) is 9.97 Å². The van der Waals surface area contributed by atoms with Gasteiger partial charge in [-0.2, -0.15) is 0 Å². The van der Waals surface area contributed by atoms with Crippen molar-refractivity contribution >= 4 is 17.6 Å². The van der Waals surface area contributed by atoms with Gasteiger partial charge in [-0.3, -0.25) is 0 Å². The number of rotatable bonds is 6. The number of nitrogens with one attached hydrogen (secondary N) is 2. The first-order valence-corrected chi connectivity index (χ1v) is 6.47. The third kappa shape index (κ3) is 3.81. The third-order valence-electron chi connectivity index (χ3n) is 2.69. The van der Waals surface area contributed by atoms with E-state index < -0.39 is 6.04 Å². The highest BCUT2D eigenvalue weighted by Gasteiger charge is 2.19. The topological polar surface area (TPSA) is 76.1 Å². The lowest BCUT2D eigenvalue weighted by Gasteiger charge is -2.19. The summed E-state index contributed by atoms with van der Waals surface area (Å²) in [7, 11) is 1.81. The molecule has 1 aromatic rings. The van der Waals surface area contributed by atoms with Crippen LogP contribution in [0.4, 0.5) is 11.6 Å². The van der Waals surface area contributed by atoms with Crippen LogP contribution in [-0.4, -0.2) is 35.6 Å². The monoisotopic (exact) mass is 266 g/mol. The van der Waals surface area contributed by atoms with Crippen molar-refractivity contribution in [2.24, 2.45) is 0 Å². The largest absolute Gasteiger partial charge is 0.464 e. The number of hydrogen-bond donors (Lipinski definition) is 2. The molecule has 0 spiro atoms. The zero-order chi connectivity index (χ0) is 14.4. The van der Waals surface area contributed by atoms with Crippen LogP contribution in [0.3, 0.4) is 0 Å². The van der Waals surface area contributed by atoms with Crippen LogP contribution < -0.4 is 10.6 Å². The van der Waals surface area contributed by atoms with Crippen LogP contribution in [0, 0.1) is 0 Å². The first-order chi connectivity index (χ1) is 9.01. The second kappa shape index (κ2) is 6.92. The number of carbonyl (C=O) groups is 1. The van der Waals surface area contributed by atoms with Gasteiger partial charge in [0.05, 0.1) is 6.61 Å². The van der Waals surface area contributed by atoms with E-state index in [0.717, 1.165) is 11.4 Å². The Morgan fingerprint density at radius 2 is 1.95 bits per heavy atom.